The van der Waals surface area contributed by atoms with E-state index in [1.54, 1.807) is 18.2 Å². The maximum atomic E-state index is 12.5. The summed E-state index contributed by atoms with van der Waals surface area (Å²) in [7, 11) is 0. The molecule has 0 bridgehead atoms. The summed E-state index contributed by atoms with van der Waals surface area (Å²) in [5.41, 5.74) is 13.9. The fourth-order valence-corrected chi connectivity index (χ4v) is 4.45. The van der Waals surface area contributed by atoms with Crippen LogP contribution in [0.4, 0.5) is 17.3 Å². The minimum atomic E-state index is -0.302. The van der Waals surface area contributed by atoms with Crippen molar-refractivity contribution in [2.24, 2.45) is 0 Å². The van der Waals surface area contributed by atoms with Crippen LogP contribution in [-0.2, 0) is 6.54 Å². The second kappa shape index (κ2) is 9.74. The van der Waals surface area contributed by atoms with Crippen LogP contribution in [0, 0.1) is 0 Å². The molecule has 1 fully saturated rings. The maximum absolute atomic E-state index is 12.5. The van der Waals surface area contributed by atoms with Gasteiger partial charge in [0.2, 0.25) is 6.79 Å². The molecule has 10 nitrogen and oxygen atoms in total. The molecule has 34 heavy (non-hydrogen) atoms. The van der Waals surface area contributed by atoms with Gasteiger partial charge in [-0.25, -0.2) is 9.97 Å². The Hall–Kier alpha value is -3.57. The molecule has 1 aromatic heterocycles. The number of hydrogen-bond donors (Lipinski definition) is 3. The molecule has 5 rings (SSSR count). The second-order valence-electron chi connectivity index (χ2n) is 7.97. The molecule has 2 aliphatic heterocycles. The fraction of sp³-hybridized carbons (Fsp3) is 0.261. The van der Waals surface area contributed by atoms with E-state index in [1.807, 2.05) is 18.2 Å². The number of nitrogens with two attached hydrogens (primary N) is 1. The maximum Gasteiger partial charge on any atom is 0.270 e. The third-order valence-electron chi connectivity index (χ3n) is 5.79. The van der Waals surface area contributed by atoms with Crippen LogP contribution in [0.1, 0.15) is 15.9 Å². The van der Waals surface area contributed by atoms with E-state index in [2.05, 4.69) is 52.6 Å². The number of nitrogens with one attached hydrogen (secondary N) is 2. The van der Waals surface area contributed by atoms with Crippen LogP contribution in [0.3, 0.4) is 0 Å². The van der Waals surface area contributed by atoms with E-state index in [-0.39, 0.29) is 12.7 Å². The van der Waals surface area contributed by atoms with E-state index in [4.69, 9.17) is 15.2 Å². The highest BCUT2D eigenvalue weighted by Gasteiger charge is 2.22. The minimum absolute atomic E-state index is 0.280. The lowest BCUT2D eigenvalue weighted by molar-refractivity contribution is 0.0961. The van der Waals surface area contributed by atoms with E-state index in [0.29, 0.717) is 27.4 Å². The van der Waals surface area contributed by atoms with Gasteiger partial charge in [-0.15, -0.1) is 0 Å². The molecule has 4 N–H and O–H groups in total. The Bertz CT molecular complexity index is 1200. The summed E-state index contributed by atoms with van der Waals surface area (Å²) in [6.07, 6.45) is 1.44. The van der Waals surface area contributed by atoms with Gasteiger partial charge in [0, 0.05) is 37.2 Å². The number of aromatic nitrogens is 2. The average molecular weight is 526 g/mol. The third-order valence-corrected chi connectivity index (χ3v) is 6.48. The van der Waals surface area contributed by atoms with Crippen molar-refractivity contribution in [3.8, 4) is 11.5 Å². The lowest BCUT2D eigenvalue weighted by atomic mass is 10.1. The number of amides is 1. The summed E-state index contributed by atoms with van der Waals surface area (Å²) in [6.45, 7) is 4.38. The molecule has 0 saturated carbocycles. The number of carbonyl (C=O) groups excluding carboxylic acids is 1. The number of benzene rings is 2. The molecule has 2 aliphatic rings. The van der Waals surface area contributed by atoms with E-state index in [0.717, 1.165) is 44.2 Å². The van der Waals surface area contributed by atoms with Crippen molar-refractivity contribution < 1.29 is 14.3 Å². The van der Waals surface area contributed by atoms with Gasteiger partial charge in [0.15, 0.2) is 23.1 Å². The first-order valence-electron chi connectivity index (χ1n) is 10.9. The first kappa shape index (κ1) is 22.2. The predicted molar refractivity (Wildman–Crippen MR) is 132 cm³/mol. The van der Waals surface area contributed by atoms with Gasteiger partial charge in [0.05, 0.1) is 5.56 Å². The summed E-state index contributed by atoms with van der Waals surface area (Å²) in [4.78, 5) is 25.6. The molecule has 176 valence electrons. The number of halogens is 1. The fourth-order valence-electron chi connectivity index (χ4n) is 3.98. The zero-order chi connectivity index (χ0) is 23.5. The highest BCUT2D eigenvalue weighted by Crippen LogP contribution is 2.33. The highest BCUT2D eigenvalue weighted by atomic mass is 79.9. The van der Waals surface area contributed by atoms with Crippen LogP contribution < -0.4 is 31.0 Å². The standard InChI is InChI=1S/C23H24BrN7O3/c24-17-4-2-1-3-16(17)23(32)29-28-21-20(25)22(27-13-26-21)31-9-7-30(8-10-31)12-15-5-6-18-19(11-15)34-14-33-18/h1-6,11,13H,7-10,12,14,25H2,(H,29,32)(H,26,27,28). The van der Waals surface area contributed by atoms with Gasteiger partial charge in [0.25, 0.3) is 5.91 Å². The van der Waals surface area contributed by atoms with Crippen molar-refractivity contribution in [3.63, 3.8) is 0 Å². The predicted octanol–water partition coefficient (Wildman–Crippen LogP) is 2.63. The quantitative estimate of drug-likeness (QED) is 0.417. The largest absolute Gasteiger partial charge is 0.454 e. The zero-order valence-electron chi connectivity index (χ0n) is 18.3. The monoisotopic (exact) mass is 525 g/mol. The van der Waals surface area contributed by atoms with Crippen LogP contribution in [0.5, 0.6) is 11.5 Å². The van der Waals surface area contributed by atoms with Gasteiger partial charge in [0.1, 0.15) is 12.0 Å². The Labute approximate surface area is 205 Å². The average Bonchev–Trinajstić information content (AvgIpc) is 3.32. The van der Waals surface area contributed by atoms with Gasteiger partial charge in [-0.3, -0.25) is 20.5 Å². The normalized spacial score (nSPS) is 15.3. The molecule has 0 spiro atoms. The van der Waals surface area contributed by atoms with Crippen molar-refractivity contribution in [2.45, 2.75) is 6.54 Å². The van der Waals surface area contributed by atoms with E-state index in [1.165, 1.54) is 11.9 Å². The van der Waals surface area contributed by atoms with Gasteiger partial charge < -0.3 is 20.1 Å². The van der Waals surface area contributed by atoms with E-state index >= 15 is 0 Å². The number of carbonyl (C=O) groups is 1. The molecule has 11 heteroatoms. The van der Waals surface area contributed by atoms with Gasteiger partial charge in [-0.1, -0.05) is 18.2 Å². The Kier molecular flexibility index (Phi) is 6.37. The van der Waals surface area contributed by atoms with Crippen LogP contribution in [0.2, 0.25) is 0 Å². The first-order valence-corrected chi connectivity index (χ1v) is 11.6. The number of anilines is 3. The Morgan fingerprint density at radius 2 is 1.85 bits per heavy atom. The van der Waals surface area contributed by atoms with E-state index < -0.39 is 0 Å². The smallest absolute Gasteiger partial charge is 0.270 e. The molecular formula is C23H24BrN7O3. The molecule has 0 aliphatic carbocycles. The Balaban J connectivity index is 1.18. The van der Waals surface area contributed by atoms with Crippen molar-refractivity contribution in [1.29, 1.82) is 0 Å². The summed E-state index contributed by atoms with van der Waals surface area (Å²) < 4.78 is 11.6. The van der Waals surface area contributed by atoms with E-state index in [9.17, 15) is 4.79 Å². The number of nitrogens with zero attached hydrogens (tertiary/aromatic N) is 4. The van der Waals surface area contributed by atoms with Crippen molar-refractivity contribution in [1.82, 2.24) is 20.3 Å². The lowest BCUT2D eigenvalue weighted by Gasteiger charge is -2.36. The number of ether oxygens (including phenoxy) is 2. The number of piperazine rings is 1. The molecule has 0 radical (unpaired) electrons. The molecule has 3 aromatic rings. The molecule has 0 unspecified atom stereocenters. The van der Waals surface area contributed by atoms with Crippen molar-refractivity contribution >= 4 is 39.2 Å². The Morgan fingerprint density at radius 1 is 1.06 bits per heavy atom. The van der Waals surface area contributed by atoms with Gasteiger partial charge in [-0.2, -0.15) is 0 Å². The molecule has 0 atom stereocenters. The summed E-state index contributed by atoms with van der Waals surface area (Å²) >= 11 is 3.38. The number of hydrazine groups is 1. The summed E-state index contributed by atoms with van der Waals surface area (Å²) in [5, 5.41) is 0. The van der Waals surface area contributed by atoms with Crippen LogP contribution in [0.15, 0.2) is 53.3 Å². The topological polar surface area (TPSA) is 118 Å². The van der Waals surface area contributed by atoms with Gasteiger partial charge in [-0.05, 0) is 45.8 Å². The number of hydrogen-bond acceptors (Lipinski definition) is 9. The Morgan fingerprint density at radius 3 is 2.68 bits per heavy atom. The minimum Gasteiger partial charge on any atom is -0.454 e. The van der Waals surface area contributed by atoms with Gasteiger partial charge >= 0.3 is 0 Å². The molecule has 1 saturated heterocycles. The first-order chi connectivity index (χ1) is 16.6. The number of nitrogen functional groups attached to an aromatic ring is 1. The van der Waals surface area contributed by atoms with Crippen LogP contribution >= 0.6 is 15.9 Å². The molecular weight excluding hydrogens is 502 g/mol. The van der Waals surface area contributed by atoms with Crippen molar-refractivity contribution in [2.75, 3.05) is 49.0 Å². The zero-order valence-corrected chi connectivity index (χ0v) is 19.9. The van der Waals surface area contributed by atoms with Crippen molar-refractivity contribution in [3.05, 3.63) is 64.4 Å². The number of rotatable bonds is 6. The lowest BCUT2D eigenvalue weighted by Crippen LogP contribution is -2.46. The van der Waals surface area contributed by atoms with Crippen LogP contribution in [0.25, 0.3) is 0 Å². The SMILES string of the molecule is Nc1c(NNC(=O)c2ccccc2Br)ncnc1N1CCN(Cc2ccc3c(c2)OCO3)CC1. The molecule has 3 heterocycles. The summed E-state index contributed by atoms with van der Waals surface area (Å²) in [5.74, 6) is 2.30. The number of fused-ring (bicyclic) bond motifs is 1. The molecule has 2 aromatic carbocycles. The third kappa shape index (κ3) is 4.70. The molecule has 1 amide bonds. The summed E-state index contributed by atoms with van der Waals surface area (Å²) in [6, 6.07) is 13.2. The second-order valence-corrected chi connectivity index (χ2v) is 8.82. The highest BCUT2D eigenvalue weighted by molar-refractivity contribution is 9.10. The van der Waals surface area contributed by atoms with Crippen LogP contribution in [-0.4, -0.2) is 53.7 Å².